The Morgan fingerprint density at radius 3 is 1.04 bits per heavy atom. The van der Waals surface area contributed by atoms with E-state index in [0.29, 0.717) is 0 Å². The fraction of sp³-hybridized carbons (Fsp3) is 0.513. The molecule has 0 N–H and O–H groups in total. The molecule has 0 spiro atoms. The molecule has 0 bridgehead atoms. The molecule has 7 heteroatoms. The van der Waals surface area contributed by atoms with E-state index in [1.807, 2.05) is 0 Å². The fourth-order valence-electron chi connectivity index (χ4n) is 5.94. The monoisotopic (exact) mass is 721 g/mol. The molecule has 0 aliphatic carbocycles. The molecule has 0 saturated heterocycles. The number of aliphatic imine (C=N–C) groups is 2. The second kappa shape index (κ2) is 24.5. The van der Waals surface area contributed by atoms with Crippen molar-refractivity contribution in [3.63, 3.8) is 0 Å². The molecule has 1 radical (unpaired) electrons. The minimum atomic E-state index is 0. The standard InChI is InChI=1S/C39H55N3.3ClH.V/c1-9-16-30-24-32(18-11-3)38(33(25-30)19-12-4)40-28(7)36-22-15-23-37(42-36)29(8)41-39-34(20-13-5)26-31(17-10-2)27-35(39)21-14-6;;;;/h15,22-27H,9-14,16-21H2,1-8H3;3*1H;/p-3. The Morgan fingerprint density at radius 2 is 0.783 bits per heavy atom. The zero-order valence-electron chi connectivity index (χ0n) is 29.4. The van der Waals surface area contributed by atoms with Crippen LogP contribution in [0.2, 0.25) is 0 Å². The molecule has 0 amide bonds. The summed E-state index contributed by atoms with van der Waals surface area (Å²) in [6, 6.07) is 15.9. The maximum Gasteiger partial charge on any atom is 0.0849 e. The largest absolute Gasteiger partial charge is 1.00 e. The third-order valence-corrected chi connectivity index (χ3v) is 7.86. The van der Waals surface area contributed by atoms with Gasteiger partial charge in [-0.15, -0.1) is 0 Å². The predicted octanol–water partition coefficient (Wildman–Crippen LogP) is 2.09. The van der Waals surface area contributed by atoms with Crippen molar-refractivity contribution in [2.75, 3.05) is 0 Å². The number of aromatic nitrogens is 1. The van der Waals surface area contributed by atoms with E-state index < -0.39 is 0 Å². The van der Waals surface area contributed by atoms with E-state index in [1.165, 1.54) is 46.2 Å². The molecule has 0 fully saturated rings. The summed E-state index contributed by atoms with van der Waals surface area (Å²) in [5.41, 5.74) is 14.5. The summed E-state index contributed by atoms with van der Waals surface area (Å²) >= 11 is 0. The Bertz CT molecular complexity index is 1230. The van der Waals surface area contributed by atoms with Gasteiger partial charge >= 0.3 is 0 Å². The summed E-state index contributed by atoms with van der Waals surface area (Å²) in [4.78, 5) is 15.6. The summed E-state index contributed by atoms with van der Waals surface area (Å²) in [6.45, 7) is 17.8. The minimum absolute atomic E-state index is 0. The van der Waals surface area contributed by atoms with E-state index in [-0.39, 0.29) is 55.8 Å². The van der Waals surface area contributed by atoms with Crippen LogP contribution in [0.5, 0.6) is 0 Å². The number of hydrogen-bond acceptors (Lipinski definition) is 3. The Morgan fingerprint density at radius 1 is 0.500 bits per heavy atom. The van der Waals surface area contributed by atoms with Crippen LogP contribution in [0.15, 0.2) is 52.4 Å². The van der Waals surface area contributed by atoms with Gasteiger partial charge in [0.1, 0.15) is 0 Å². The molecule has 0 aliphatic rings. The summed E-state index contributed by atoms with van der Waals surface area (Å²) in [5.74, 6) is 0. The minimum Gasteiger partial charge on any atom is -1.00 e. The van der Waals surface area contributed by atoms with Crippen LogP contribution in [0.1, 0.15) is 139 Å². The first-order valence-corrected chi connectivity index (χ1v) is 16.8. The van der Waals surface area contributed by atoms with Crippen molar-refractivity contribution in [2.24, 2.45) is 9.98 Å². The summed E-state index contributed by atoms with van der Waals surface area (Å²) < 4.78 is 0. The molecule has 0 saturated carbocycles. The number of benzene rings is 2. The second-order valence-electron chi connectivity index (χ2n) is 11.8. The predicted molar refractivity (Wildman–Crippen MR) is 185 cm³/mol. The molecule has 3 rings (SSSR count). The molecular formula is C39H55Cl3N3V-3. The molecule has 0 unspecified atom stereocenters. The Hall–Kier alpha value is -1.62. The topological polar surface area (TPSA) is 37.6 Å². The molecule has 3 nitrogen and oxygen atoms in total. The van der Waals surface area contributed by atoms with Gasteiger partial charge in [-0.3, -0.25) is 9.98 Å². The number of aryl methyl sites for hydroxylation is 6. The molecule has 1 aromatic heterocycles. The number of rotatable bonds is 16. The van der Waals surface area contributed by atoms with Crippen molar-refractivity contribution in [3.05, 3.63) is 87.2 Å². The quantitative estimate of drug-likeness (QED) is 0.209. The van der Waals surface area contributed by atoms with Crippen LogP contribution in [0.25, 0.3) is 0 Å². The van der Waals surface area contributed by atoms with Crippen LogP contribution < -0.4 is 37.2 Å². The van der Waals surface area contributed by atoms with Crippen molar-refractivity contribution in [2.45, 2.75) is 132 Å². The van der Waals surface area contributed by atoms with Crippen LogP contribution in [0, 0.1) is 0 Å². The first-order valence-electron chi connectivity index (χ1n) is 16.8. The molecule has 0 aliphatic heterocycles. The molecule has 0 atom stereocenters. The third kappa shape index (κ3) is 13.1. The summed E-state index contributed by atoms with van der Waals surface area (Å²) in [7, 11) is 0. The van der Waals surface area contributed by atoms with E-state index >= 15 is 0 Å². The number of halogens is 3. The van der Waals surface area contributed by atoms with Crippen molar-refractivity contribution in [3.8, 4) is 0 Å². The number of nitrogens with zero attached hydrogens (tertiary/aromatic N) is 3. The van der Waals surface area contributed by atoms with Gasteiger partial charge < -0.3 is 37.2 Å². The molecule has 3 aromatic rings. The first-order chi connectivity index (χ1) is 20.4. The van der Waals surface area contributed by atoms with Crippen molar-refractivity contribution in [1.29, 1.82) is 0 Å². The Labute approximate surface area is 311 Å². The van der Waals surface area contributed by atoms with Crippen LogP contribution in [0.3, 0.4) is 0 Å². The normalized spacial score (nSPS) is 11.2. The van der Waals surface area contributed by atoms with Crippen LogP contribution in [-0.4, -0.2) is 16.4 Å². The molecular weight excluding hydrogens is 668 g/mol. The van der Waals surface area contributed by atoms with E-state index in [9.17, 15) is 0 Å². The first kappa shape index (κ1) is 46.5. The van der Waals surface area contributed by atoms with Crippen molar-refractivity contribution < 1.29 is 55.8 Å². The zero-order valence-corrected chi connectivity index (χ0v) is 33.1. The van der Waals surface area contributed by atoms with Gasteiger partial charge in [0.2, 0.25) is 0 Å². The van der Waals surface area contributed by atoms with Gasteiger partial charge in [-0.05, 0) is 97.9 Å². The van der Waals surface area contributed by atoms with Crippen molar-refractivity contribution in [1.82, 2.24) is 4.98 Å². The number of pyridine rings is 1. The SMILES string of the molecule is CCCc1cc(CCC)c(N=C(C)c2cccc(C(C)=Nc3c(CCC)cc(CCC)cc3CCC)n2)c(CCC)c1.[Cl-].[Cl-].[Cl-].[V]. The van der Waals surface area contributed by atoms with Gasteiger partial charge in [-0.2, -0.15) is 0 Å². The smallest absolute Gasteiger partial charge is 0.0849 e. The molecule has 2 aromatic carbocycles. The maximum atomic E-state index is 5.27. The average Bonchev–Trinajstić information content (AvgIpc) is 2.97. The van der Waals surface area contributed by atoms with Crippen LogP contribution in [0.4, 0.5) is 11.4 Å². The van der Waals surface area contributed by atoms with Gasteiger partial charge in [-0.1, -0.05) is 110 Å². The number of hydrogen-bond donors (Lipinski definition) is 0. The van der Waals surface area contributed by atoms with Crippen LogP contribution >= 0.6 is 0 Å². The van der Waals surface area contributed by atoms with Gasteiger partial charge in [0.25, 0.3) is 0 Å². The van der Waals surface area contributed by atoms with Gasteiger partial charge in [0, 0.05) is 18.6 Å². The Kier molecular flexibility index (Phi) is 24.8. The van der Waals surface area contributed by atoms with E-state index in [4.69, 9.17) is 15.0 Å². The zero-order chi connectivity index (χ0) is 30.5. The second-order valence-corrected chi connectivity index (χ2v) is 11.8. The van der Waals surface area contributed by atoms with E-state index in [1.54, 1.807) is 0 Å². The third-order valence-electron chi connectivity index (χ3n) is 7.86. The van der Waals surface area contributed by atoms with Gasteiger partial charge in [0.15, 0.2) is 0 Å². The van der Waals surface area contributed by atoms with Gasteiger partial charge in [-0.25, -0.2) is 4.98 Å². The van der Waals surface area contributed by atoms with E-state index in [2.05, 4.69) is 97.9 Å². The molecule has 1 heterocycles. The van der Waals surface area contributed by atoms with Gasteiger partial charge in [0.05, 0.1) is 34.2 Å². The molecule has 46 heavy (non-hydrogen) atoms. The summed E-state index contributed by atoms with van der Waals surface area (Å²) in [5, 5.41) is 0. The Balaban J connectivity index is 0. The van der Waals surface area contributed by atoms with E-state index in [0.717, 1.165) is 98.4 Å². The van der Waals surface area contributed by atoms with Crippen LogP contribution in [-0.2, 0) is 57.1 Å². The summed E-state index contributed by atoms with van der Waals surface area (Å²) in [6.07, 6.45) is 13.3. The maximum absolute atomic E-state index is 5.27. The van der Waals surface area contributed by atoms with Crippen molar-refractivity contribution >= 4 is 22.8 Å². The molecule has 255 valence electrons. The average molecular weight is 723 g/mol. The fourth-order valence-corrected chi connectivity index (χ4v) is 5.94.